The number of benzene rings is 2. The fourth-order valence-corrected chi connectivity index (χ4v) is 3.69. The zero-order valence-corrected chi connectivity index (χ0v) is 18.4. The maximum atomic E-state index is 13.1. The van der Waals surface area contributed by atoms with Crippen LogP contribution in [0.3, 0.4) is 0 Å². The van der Waals surface area contributed by atoms with E-state index < -0.39 is 21.9 Å². The number of hydrogen-bond donors (Lipinski definition) is 0. The molecule has 0 fully saturated rings. The number of amides is 1. The summed E-state index contributed by atoms with van der Waals surface area (Å²) in [6, 6.07) is 10.6. The standard InChI is InChI=1S/C19H20Cl2N2O5S/c1-22(2)29(26,27)15-8-9-17(21)16(10-15)19(25)23(12-18(24)28-3)11-13-4-6-14(20)7-5-13/h4-10H,11-12H2,1-3H3. The number of sulfonamides is 1. The summed E-state index contributed by atoms with van der Waals surface area (Å²) in [5.41, 5.74) is 0.687. The molecule has 156 valence electrons. The summed E-state index contributed by atoms with van der Waals surface area (Å²) in [7, 11) is 0.213. The molecule has 0 unspecified atom stereocenters. The minimum absolute atomic E-state index is 0.0348. The van der Waals surface area contributed by atoms with Gasteiger partial charge in [0.25, 0.3) is 5.91 Å². The van der Waals surface area contributed by atoms with Crippen LogP contribution in [-0.4, -0.2) is 57.2 Å². The number of carbonyl (C=O) groups is 2. The number of carbonyl (C=O) groups excluding carboxylic acids is 2. The minimum atomic E-state index is -3.77. The zero-order valence-electron chi connectivity index (χ0n) is 16.1. The first-order valence-corrected chi connectivity index (χ1v) is 10.6. The Labute approximate surface area is 179 Å². The third-order valence-electron chi connectivity index (χ3n) is 4.07. The molecule has 0 aromatic heterocycles. The van der Waals surface area contributed by atoms with Crippen LogP contribution in [0.2, 0.25) is 10.0 Å². The Kier molecular flexibility index (Phi) is 7.65. The van der Waals surface area contributed by atoms with Crippen molar-refractivity contribution in [3.63, 3.8) is 0 Å². The third-order valence-corrected chi connectivity index (χ3v) is 6.46. The van der Waals surface area contributed by atoms with E-state index in [1.807, 2.05) is 0 Å². The molecule has 0 saturated heterocycles. The quantitative estimate of drug-likeness (QED) is 0.595. The molecule has 0 spiro atoms. The van der Waals surface area contributed by atoms with Crippen molar-refractivity contribution in [1.29, 1.82) is 0 Å². The van der Waals surface area contributed by atoms with Crippen molar-refractivity contribution in [1.82, 2.24) is 9.21 Å². The molecule has 0 radical (unpaired) electrons. The Hall–Kier alpha value is -2.13. The van der Waals surface area contributed by atoms with Crippen LogP contribution in [0.5, 0.6) is 0 Å². The molecule has 0 aliphatic rings. The van der Waals surface area contributed by atoms with Crippen LogP contribution in [0.1, 0.15) is 15.9 Å². The van der Waals surface area contributed by atoms with Gasteiger partial charge in [0.2, 0.25) is 10.0 Å². The number of rotatable bonds is 7. The van der Waals surface area contributed by atoms with E-state index in [4.69, 9.17) is 23.2 Å². The van der Waals surface area contributed by atoms with Gasteiger partial charge in [-0.15, -0.1) is 0 Å². The summed E-state index contributed by atoms with van der Waals surface area (Å²) in [5.74, 6) is -1.23. The normalized spacial score (nSPS) is 11.4. The van der Waals surface area contributed by atoms with Crippen LogP contribution in [-0.2, 0) is 26.1 Å². The first kappa shape index (κ1) is 23.2. The van der Waals surface area contributed by atoms with E-state index in [2.05, 4.69) is 4.74 Å². The fourth-order valence-electron chi connectivity index (χ4n) is 2.44. The Morgan fingerprint density at radius 2 is 1.66 bits per heavy atom. The minimum Gasteiger partial charge on any atom is -0.468 e. The van der Waals surface area contributed by atoms with Gasteiger partial charge in [0.1, 0.15) is 6.54 Å². The maximum Gasteiger partial charge on any atom is 0.325 e. The SMILES string of the molecule is COC(=O)CN(Cc1ccc(Cl)cc1)C(=O)c1cc(S(=O)(=O)N(C)C)ccc1Cl. The average Bonchev–Trinajstić information content (AvgIpc) is 2.68. The molecule has 0 N–H and O–H groups in total. The van der Waals surface area contributed by atoms with Crippen LogP contribution in [0.15, 0.2) is 47.4 Å². The van der Waals surface area contributed by atoms with Crippen LogP contribution >= 0.6 is 23.2 Å². The molecule has 29 heavy (non-hydrogen) atoms. The smallest absolute Gasteiger partial charge is 0.325 e. The molecule has 1 amide bonds. The van der Waals surface area contributed by atoms with E-state index >= 15 is 0 Å². The zero-order chi connectivity index (χ0) is 21.8. The van der Waals surface area contributed by atoms with Crippen molar-refractivity contribution >= 4 is 45.1 Å². The van der Waals surface area contributed by atoms with E-state index in [0.717, 1.165) is 9.87 Å². The highest BCUT2D eigenvalue weighted by Crippen LogP contribution is 2.24. The van der Waals surface area contributed by atoms with Crippen LogP contribution in [0, 0.1) is 0 Å². The van der Waals surface area contributed by atoms with E-state index in [-0.39, 0.29) is 28.6 Å². The molecule has 0 aliphatic heterocycles. The van der Waals surface area contributed by atoms with Gasteiger partial charge in [0.15, 0.2) is 0 Å². The van der Waals surface area contributed by atoms with Crippen molar-refractivity contribution in [2.45, 2.75) is 11.4 Å². The Bertz CT molecular complexity index is 1010. The van der Waals surface area contributed by atoms with E-state index in [9.17, 15) is 18.0 Å². The first-order valence-electron chi connectivity index (χ1n) is 8.39. The molecule has 10 heteroatoms. The second-order valence-electron chi connectivity index (χ2n) is 6.29. The lowest BCUT2D eigenvalue weighted by molar-refractivity contribution is -0.141. The summed E-state index contributed by atoms with van der Waals surface area (Å²) < 4.78 is 30.5. The van der Waals surface area contributed by atoms with Crippen molar-refractivity contribution in [3.8, 4) is 0 Å². The molecule has 2 aromatic rings. The molecule has 0 aliphatic carbocycles. The predicted molar refractivity (Wildman–Crippen MR) is 111 cm³/mol. The average molecular weight is 459 g/mol. The predicted octanol–water partition coefficient (Wildman–Crippen LogP) is 3.06. The fraction of sp³-hybridized carbons (Fsp3) is 0.263. The van der Waals surface area contributed by atoms with Crippen LogP contribution in [0.25, 0.3) is 0 Å². The summed E-state index contributed by atoms with van der Waals surface area (Å²) >= 11 is 12.1. The molecular formula is C19H20Cl2N2O5S. The van der Waals surface area contributed by atoms with Crippen LogP contribution < -0.4 is 0 Å². The summed E-state index contributed by atoms with van der Waals surface area (Å²) in [5, 5.41) is 0.600. The van der Waals surface area contributed by atoms with Crippen molar-refractivity contribution < 1.29 is 22.7 Å². The van der Waals surface area contributed by atoms with Gasteiger partial charge in [-0.25, -0.2) is 12.7 Å². The van der Waals surface area contributed by atoms with E-state index in [0.29, 0.717) is 5.02 Å². The summed E-state index contributed by atoms with van der Waals surface area (Å²) in [6.45, 7) is -0.259. The molecule has 0 atom stereocenters. The molecule has 2 rings (SSSR count). The van der Waals surface area contributed by atoms with Crippen molar-refractivity contribution in [2.75, 3.05) is 27.7 Å². The number of methoxy groups -OCH3 is 1. The lowest BCUT2D eigenvalue weighted by atomic mass is 10.1. The topological polar surface area (TPSA) is 84.0 Å². The Morgan fingerprint density at radius 1 is 1.03 bits per heavy atom. The monoisotopic (exact) mass is 458 g/mol. The van der Waals surface area contributed by atoms with Gasteiger partial charge < -0.3 is 9.64 Å². The number of nitrogens with zero attached hydrogens (tertiary/aromatic N) is 2. The van der Waals surface area contributed by atoms with Gasteiger partial charge in [-0.1, -0.05) is 35.3 Å². The highest BCUT2D eigenvalue weighted by atomic mass is 35.5. The van der Waals surface area contributed by atoms with Gasteiger partial charge in [-0.3, -0.25) is 9.59 Å². The van der Waals surface area contributed by atoms with E-state index in [1.165, 1.54) is 44.3 Å². The highest BCUT2D eigenvalue weighted by Gasteiger charge is 2.25. The Morgan fingerprint density at radius 3 is 2.21 bits per heavy atom. The number of halogens is 2. The Balaban J connectivity index is 2.44. The number of ether oxygens (including phenoxy) is 1. The van der Waals surface area contributed by atoms with E-state index in [1.54, 1.807) is 24.3 Å². The van der Waals surface area contributed by atoms with Gasteiger partial charge in [-0.05, 0) is 35.9 Å². The lowest BCUT2D eigenvalue weighted by Gasteiger charge is -2.23. The summed E-state index contributed by atoms with van der Waals surface area (Å²) in [4.78, 5) is 26.1. The second kappa shape index (κ2) is 9.58. The van der Waals surface area contributed by atoms with Gasteiger partial charge in [0.05, 0.1) is 22.6 Å². The summed E-state index contributed by atoms with van der Waals surface area (Å²) in [6.07, 6.45) is 0. The molecule has 0 bridgehead atoms. The lowest BCUT2D eigenvalue weighted by Crippen LogP contribution is -2.36. The van der Waals surface area contributed by atoms with Crippen molar-refractivity contribution in [3.05, 3.63) is 63.6 Å². The molecular weight excluding hydrogens is 439 g/mol. The van der Waals surface area contributed by atoms with Crippen LogP contribution in [0.4, 0.5) is 0 Å². The molecule has 2 aromatic carbocycles. The second-order valence-corrected chi connectivity index (χ2v) is 9.29. The molecule has 7 nitrogen and oxygen atoms in total. The number of hydrogen-bond acceptors (Lipinski definition) is 5. The van der Waals surface area contributed by atoms with Gasteiger partial charge in [-0.2, -0.15) is 0 Å². The molecule has 0 heterocycles. The highest BCUT2D eigenvalue weighted by molar-refractivity contribution is 7.89. The maximum absolute atomic E-state index is 13.1. The van der Waals surface area contributed by atoms with Crippen molar-refractivity contribution in [2.24, 2.45) is 0 Å². The molecule has 0 saturated carbocycles. The van der Waals surface area contributed by atoms with Gasteiger partial charge >= 0.3 is 5.97 Å². The largest absolute Gasteiger partial charge is 0.468 e. The van der Waals surface area contributed by atoms with Gasteiger partial charge in [0, 0.05) is 25.7 Å². The third kappa shape index (κ3) is 5.70. The first-order chi connectivity index (χ1) is 13.6. The number of esters is 1.